The fourth-order valence-electron chi connectivity index (χ4n) is 2.01. The molecule has 1 saturated carbocycles. The third-order valence-electron chi connectivity index (χ3n) is 3.21. The zero-order valence-electron chi connectivity index (χ0n) is 8.20. The molecule has 0 unspecified atom stereocenters. The summed E-state index contributed by atoms with van der Waals surface area (Å²) in [5, 5.41) is 3.32. The Morgan fingerprint density at radius 1 is 1.00 bits per heavy atom. The fourth-order valence-corrected chi connectivity index (χ4v) is 2.01. The fraction of sp³-hybridized carbons (Fsp3) is 0.500. The van der Waals surface area contributed by atoms with Crippen LogP contribution in [0, 0.1) is 0 Å². The van der Waals surface area contributed by atoms with E-state index in [-0.39, 0.29) is 12.4 Å². The summed E-state index contributed by atoms with van der Waals surface area (Å²) in [4.78, 5) is 0. The van der Waals surface area contributed by atoms with Crippen LogP contribution in [0.5, 0.6) is 0 Å². The van der Waals surface area contributed by atoms with Gasteiger partial charge < -0.3 is 5.32 Å². The van der Waals surface area contributed by atoms with E-state index in [9.17, 15) is 0 Å². The predicted molar refractivity (Wildman–Crippen MR) is 61.3 cm³/mol. The van der Waals surface area contributed by atoms with Crippen molar-refractivity contribution in [2.45, 2.75) is 24.7 Å². The zero-order valence-corrected chi connectivity index (χ0v) is 9.02. The van der Waals surface area contributed by atoms with Crippen LogP contribution in [0.3, 0.4) is 0 Å². The van der Waals surface area contributed by atoms with Gasteiger partial charge in [0, 0.05) is 19.0 Å². The van der Waals surface area contributed by atoms with Crippen LogP contribution < -0.4 is 5.32 Å². The maximum absolute atomic E-state index is 3.32. The molecule has 0 amide bonds. The van der Waals surface area contributed by atoms with Crippen LogP contribution in [0.1, 0.15) is 35.8 Å². The first-order valence-corrected chi connectivity index (χ1v) is 5.24. The molecular formula is C12H16ClN. The minimum Gasteiger partial charge on any atom is -0.315 e. The lowest BCUT2D eigenvalue weighted by atomic mass is 9.92. The molecule has 2 aliphatic rings. The third kappa shape index (κ3) is 1.79. The SMILES string of the molecule is Cl.c1cc(C2CC2)cc(C2CNC2)c1. The molecule has 0 atom stereocenters. The summed E-state index contributed by atoms with van der Waals surface area (Å²) in [6, 6.07) is 9.20. The Bertz CT molecular complexity index is 316. The molecule has 1 aliphatic heterocycles. The van der Waals surface area contributed by atoms with E-state index in [1.54, 1.807) is 11.1 Å². The second-order valence-electron chi connectivity index (χ2n) is 4.30. The highest BCUT2D eigenvalue weighted by Crippen LogP contribution is 2.40. The third-order valence-corrected chi connectivity index (χ3v) is 3.21. The highest BCUT2D eigenvalue weighted by atomic mass is 35.5. The smallest absolute Gasteiger partial charge is 0.00886 e. The second-order valence-corrected chi connectivity index (χ2v) is 4.30. The maximum Gasteiger partial charge on any atom is 0.00886 e. The molecular weight excluding hydrogens is 194 g/mol. The van der Waals surface area contributed by atoms with Crippen LogP contribution in [0.4, 0.5) is 0 Å². The van der Waals surface area contributed by atoms with E-state index in [0.29, 0.717) is 0 Å². The van der Waals surface area contributed by atoms with E-state index in [1.807, 2.05) is 0 Å². The molecule has 1 aliphatic carbocycles. The molecule has 14 heavy (non-hydrogen) atoms. The molecule has 1 aromatic carbocycles. The number of rotatable bonds is 2. The van der Waals surface area contributed by atoms with Crippen LogP contribution in [-0.2, 0) is 0 Å². The Hall–Kier alpha value is -0.530. The lowest BCUT2D eigenvalue weighted by Gasteiger charge is -2.27. The average Bonchev–Trinajstić information content (AvgIpc) is 2.83. The molecule has 1 saturated heterocycles. The highest BCUT2D eigenvalue weighted by Gasteiger charge is 2.25. The van der Waals surface area contributed by atoms with E-state index in [1.165, 1.54) is 25.9 Å². The second kappa shape index (κ2) is 3.92. The monoisotopic (exact) mass is 209 g/mol. The van der Waals surface area contributed by atoms with E-state index in [0.717, 1.165) is 11.8 Å². The molecule has 1 nitrogen and oxygen atoms in total. The van der Waals surface area contributed by atoms with Crippen molar-refractivity contribution in [3.63, 3.8) is 0 Å². The predicted octanol–water partition coefficient (Wildman–Crippen LogP) is 2.67. The van der Waals surface area contributed by atoms with Crippen molar-refractivity contribution in [3.8, 4) is 0 Å². The average molecular weight is 210 g/mol. The summed E-state index contributed by atoms with van der Waals surface area (Å²) in [6.07, 6.45) is 2.82. The van der Waals surface area contributed by atoms with Crippen LogP contribution in [0.15, 0.2) is 24.3 Å². The number of nitrogens with one attached hydrogen (secondary N) is 1. The van der Waals surface area contributed by atoms with Gasteiger partial charge in [-0.1, -0.05) is 24.3 Å². The summed E-state index contributed by atoms with van der Waals surface area (Å²) in [5.41, 5.74) is 3.12. The summed E-state index contributed by atoms with van der Waals surface area (Å²) in [6.45, 7) is 2.35. The van der Waals surface area contributed by atoms with E-state index in [4.69, 9.17) is 0 Å². The Balaban J connectivity index is 0.000000750. The molecule has 0 spiro atoms. The van der Waals surface area contributed by atoms with E-state index >= 15 is 0 Å². The first-order chi connectivity index (χ1) is 6.43. The van der Waals surface area contributed by atoms with Crippen molar-refractivity contribution in [1.29, 1.82) is 0 Å². The quantitative estimate of drug-likeness (QED) is 0.790. The number of hydrogen-bond donors (Lipinski definition) is 1. The van der Waals surface area contributed by atoms with Crippen LogP contribution in [0.25, 0.3) is 0 Å². The first-order valence-electron chi connectivity index (χ1n) is 5.24. The minimum absolute atomic E-state index is 0. The van der Waals surface area contributed by atoms with Crippen molar-refractivity contribution in [2.75, 3.05) is 13.1 Å². The molecule has 0 bridgehead atoms. The Morgan fingerprint density at radius 2 is 1.64 bits per heavy atom. The van der Waals surface area contributed by atoms with Crippen molar-refractivity contribution in [1.82, 2.24) is 5.32 Å². The Morgan fingerprint density at radius 3 is 2.14 bits per heavy atom. The molecule has 1 aromatic rings. The first kappa shape index (κ1) is 10.0. The van der Waals surface area contributed by atoms with Gasteiger partial charge in [0.25, 0.3) is 0 Å². The normalized spacial score (nSPS) is 21.1. The number of hydrogen-bond acceptors (Lipinski definition) is 1. The van der Waals surface area contributed by atoms with Crippen molar-refractivity contribution in [2.24, 2.45) is 0 Å². The van der Waals surface area contributed by atoms with Gasteiger partial charge in [0.05, 0.1) is 0 Å². The van der Waals surface area contributed by atoms with Crippen LogP contribution in [0.2, 0.25) is 0 Å². The largest absolute Gasteiger partial charge is 0.315 e. The highest BCUT2D eigenvalue weighted by molar-refractivity contribution is 5.85. The van der Waals surface area contributed by atoms with E-state index < -0.39 is 0 Å². The number of benzene rings is 1. The van der Waals surface area contributed by atoms with Crippen molar-refractivity contribution in [3.05, 3.63) is 35.4 Å². The standard InChI is InChI=1S/C12H15N.ClH/c1-2-10(9-4-5-9)6-11(3-1)12-7-13-8-12;/h1-3,6,9,12-13H,4-5,7-8H2;1H. The number of halogens is 1. The van der Waals surface area contributed by atoms with Crippen LogP contribution in [-0.4, -0.2) is 13.1 Å². The molecule has 1 N–H and O–H groups in total. The summed E-state index contributed by atoms with van der Waals surface area (Å²) < 4.78 is 0. The molecule has 0 radical (unpaired) electrons. The van der Waals surface area contributed by atoms with Crippen LogP contribution >= 0.6 is 12.4 Å². The van der Waals surface area contributed by atoms with Gasteiger partial charge in [-0.05, 0) is 29.9 Å². The van der Waals surface area contributed by atoms with Crippen molar-refractivity contribution >= 4 is 12.4 Å². The lowest BCUT2D eigenvalue weighted by Crippen LogP contribution is -2.39. The van der Waals surface area contributed by atoms with Gasteiger partial charge in [-0.3, -0.25) is 0 Å². The summed E-state index contributed by atoms with van der Waals surface area (Å²) in [5.74, 6) is 1.69. The molecule has 1 heterocycles. The van der Waals surface area contributed by atoms with Gasteiger partial charge >= 0.3 is 0 Å². The zero-order chi connectivity index (χ0) is 8.67. The summed E-state index contributed by atoms with van der Waals surface area (Å²) >= 11 is 0. The van der Waals surface area contributed by atoms with Crippen molar-refractivity contribution < 1.29 is 0 Å². The topological polar surface area (TPSA) is 12.0 Å². The van der Waals surface area contributed by atoms with Gasteiger partial charge in [0.1, 0.15) is 0 Å². The molecule has 2 fully saturated rings. The maximum atomic E-state index is 3.32. The molecule has 0 aromatic heterocycles. The van der Waals surface area contributed by atoms with E-state index in [2.05, 4.69) is 29.6 Å². The molecule has 76 valence electrons. The lowest BCUT2D eigenvalue weighted by molar-refractivity contribution is 0.448. The Kier molecular flexibility index (Phi) is 2.80. The summed E-state index contributed by atoms with van der Waals surface area (Å²) in [7, 11) is 0. The van der Waals surface area contributed by atoms with Gasteiger partial charge in [0.2, 0.25) is 0 Å². The molecule has 2 heteroatoms. The Labute approximate surface area is 91.3 Å². The van der Waals surface area contributed by atoms with Gasteiger partial charge in [-0.25, -0.2) is 0 Å². The minimum atomic E-state index is 0. The van der Waals surface area contributed by atoms with Gasteiger partial charge in [0.15, 0.2) is 0 Å². The van der Waals surface area contributed by atoms with Gasteiger partial charge in [-0.2, -0.15) is 0 Å². The van der Waals surface area contributed by atoms with Gasteiger partial charge in [-0.15, -0.1) is 12.4 Å². The molecule has 3 rings (SSSR count).